The molecule has 4 heteroatoms. The van der Waals surface area contributed by atoms with Crippen LogP contribution in [-0.2, 0) is 4.79 Å². The molecule has 4 nitrogen and oxygen atoms in total. The summed E-state index contributed by atoms with van der Waals surface area (Å²) in [6.45, 7) is 0. The van der Waals surface area contributed by atoms with E-state index in [0.717, 1.165) is 0 Å². The molecule has 1 aliphatic heterocycles. The Morgan fingerprint density at radius 2 is 2.27 bits per heavy atom. The van der Waals surface area contributed by atoms with Gasteiger partial charge in [0.25, 0.3) is 0 Å². The number of carbonyl (C=O) groups is 1. The van der Waals surface area contributed by atoms with E-state index >= 15 is 0 Å². The normalized spacial score (nSPS) is 17.4. The van der Waals surface area contributed by atoms with Crippen molar-refractivity contribution in [1.29, 1.82) is 0 Å². The van der Waals surface area contributed by atoms with Gasteiger partial charge in [-0.3, -0.25) is 4.79 Å². The first-order valence-corrected chi connectivity index (χ1v) is 3.28. The van der Waals surface area contributed by atoms with Crippen LogP contribution in [0.4, 0.5) is 0 Å². The zero-order chi connectivity index (χ0) is 8.32. The zero-order valence-electron chi connectivity index (χ0n) is 5.95. The Labute approximate surface area is 64.3 Å². The second-order valence-corrected chi connectivity index (χ2v) is 2.46. The molecule has 0 amide bonds. The third-order valence-corrected chi connectivity index (χ3v) is 1.49. The molecule has 1 aliphatic rings. The summed E-state index contributed by atoms with van der Waals surface area (Å²) < 4.78 is 0. The molecule has 0 aliphatic carbocycles. The summed E-state index contributed by atoms with van der Waals surface area (Å²) in [4.78, 5) is 10.2. The van der Waals surface area contributed by atoms with Crippen LogP contribution >= 0.6 is 0 Å². The number of carboxylic acid groups (broad SMARTS) is 1. The highest BCUT2D eigenvalue weighted by Crippen LogP contribution is 2.36. The van der Waals surface area contributed by atoms with E-state index in [2.05, 4.69) is 16.1 Å². The summed E-state index contributed by atoms with van der Waals surface area (Å²) in [6.07, 6.45) is 6.06. The molecule has 0 aromatic rings. The lowest BCUT2D eigenvalue weighted by molar-refractivity contribution is -0.137. The summed E-state index contributed by atoms with van der Waals surface area (Å²) in [6, 6.07) is 0. The fourth-order valence-corrected chi connectivity index (χ4v) is 0.844. The number of carboxylic acids is 1. The van der Waals surface area contributed by atoms with E-state index in [1.54, 1.807) is 0 Å². The van der Waals surface area contributed by atoms with Gasteiger partial charge in [0, 0.05) is 12.8 Å². The van der Waals surface area contributed by atoms with Gasteiger partial charge in [-0.25, -0.2) is 0 Å². The minimum Gasteiger partial charge on any atom is -0.481 e. The Morgan fingerprint density at radius 3 is 2.64 bits per heavy atom. The van der Waals surface area contributed by atoms with Crippen LogP contribution in [0.25, 0.3) is 0 Å². The van der Waals surface area contributed by atoms with E-state index in [1.165, 1.54) is 0 Å². The van der Waals surface area contributed by atoms with Crippen LogP contribution in [-0.4, -0.2) is 16.7 Å². The largest absolute Gasteiger partial charge is 0.481 e. The van der Waals surface area contributed by atoms with Gasteiger partial charge in [-0.2, -0.15) is 10.2 Å². The Kier molecular flexibility index (Phi) is 1.90. The van der Waals surface area contributed by atoms with E-state index in [0.29, 0.717) is 12.8 Å². The van der Waals surface area contributed by atoms with Gasteiger partial charge >= 0.3 is 5.97 Å². The van der Waals surface area contributed by atoms with Crippen LogP contribution in [0, 0.1) is 12.3 Å². The average Bonchev–Trinajstić information content (AvgIpc) is 2.64. The Hall–Kier alpha value is -1.37. The molecule has 0 unspecified atom stereocenters. The summed E-state index contributed by atoms with van der Waals surface area (Å²) in [5, 5.41) is 15.7. The van der Waals surface area contributed by atoms with Crippen molar-refractivity contribution < 1.29 is 9.90 Å². The first-order chi connectivity index (χ1) is 5.18. The minimum absolute atomic E-state index is 0.0331. The lowest BCUT2D eigenvalue weighted by atomic mass is 10.1. The number of aliphatic carboxylic acids is 1. The first kappa shape index (κ1) is 7.73. The molecule has 0 spiro atoms. The highest BCUT2D eigenvalue weighted by molar-refractivity contribution is 5.68. The third-order valence-electron chi connectivity index (χ3n) is 1.49. The van der Waals surface area contributed by atoms with Crippen LogP contribution in [0.15, 0.2) is 10.2 Å². The molecule has 0 aromatic carbocycles. The van der Waals surface area contributed by atoms with E-state index < -0.39 is 11.6 Å². The highest BCUT2D eigenvalue weighted by Gasteiger charge is 2.41. The predicted molar refractivity (Wildman–Crippen MR) is 37.9 cm³/mol. The summed E-state index contributed by atoms with van der Waals surface area (Å²) in [5.41, 5.74) is -0.668. The molecule has 0 fully saturated rings. The SMILES string of the molecule is C#CCCC1(CC(=O)O)N=N1. The second-order valence-electron chi connectivity index (χ2n) is 2.46. The maximum atomic E-state index is 10.2. The lowest BCUT2D eigenvalue weighted by Crippen LogP contribution is -2.16. The van der Waals surface area contributed by atoms with Gasteiger partial charge in [0.05, 0.1) is 6.42 Å². The smallest absolute Gasteiger partial charge is 0.307 e. The summed E-state index contributed by atoms with van der Waals surface area (Å²) >= 11 is 0. The third kappa shape index (κ3) is 2.04. The lowest BCUT2D eigenvalue weighted by Gasteiger charge is -2.02. The molecule has 1 rings (SSSR count). The molecule has 0 atom stereocenters. The maximum absolute atomic E-state index is 10.2. The monoisotopic (exact) mass is 152 g/mol. The quantitative estimate of drug-likeness (QED) is 0.611. The fraction of sp³-hybridized carbons (Fsp3) is 0.571. The van der Waals surface area contributed by atoms with Crippen LogP contribution in [0.5, 0.6) is 0 Å². The van der Waals surface area contributed by atoms with Crippen LogP contribution in [0.2, 0.25) is 0 Å². The topological polar surface area (TPSA) is 62.0 Å². The zero-order valence-corrected chi connectivity index (χ0v) is 5.95. The predicted octanol–water partition coefficient (Wildman–Crippen LogP) is 1.04. The van der Waals surface area contributed by atoms with Crippen LogP contribution in [0.3, 0.4) is 0 Å². The van der Waals surface area contributed by atoms with Crippen molar-refractivity contribution in [3.05, 3.63) is 0 Å². The first-order valence-electron chi connectivity index (χ1n) is 3.28. The molecule has 0 bridgehead atoms. The van der Waals surface area contributed by atoms with Gasteiger partial charge in [0.1, 0.15) is 0 Å². The van der Waals surface area contributed by atoms with Crippen molar-refractivity contribution in [3.8, 4) is 12.3 Å². The molecular formula is C7H8N2O2. The van der Waals surface area contributed by atoms with Gasteiger partial charge in [-0.1, -0.05) is 0 Å². The number of hydrogen-bond acceptors (Lipinski definition) is 3. The number of terminal acetylenes is 1. The number of nitrogens with zero attached hydrogens (tertiary/aromatic N) is 2. The Morgan fingerprint density at radius 1 is 1.64 bits per heavy atom. The van der Waals surface area contributed by atoms with Crippen LogP contribution in [0.1, 0.15) is 19.3 Å². The molecule has 1 heterocycles. The molecule has 58 valence electrons. The molecular weight excluding hydrogens is 144 g/mol. The van der Waals surface area contributed by atoms with E-state index in [9.17, 15) is 4.79 Å². The van der Waals surface area contributed by atoms with Gasteiger partial charge < -0.3 is 5.11 Å². The maximum Gasteiger partial charge on any atom is 0.307 e. The summed E-state index contributed by atoms with van der Waals surface area (Å²) in [7, 11) is 0. The fourth-order valence-electron chi connectivity index (χ4n) is 0.844. The average molecular weight is 152 g/mol. The van der Waals surface area contributed by atoms with Gasteiger partial charge in [0.2, 0.25) is 5.66 Å². The minimum atomic E-state index is -0.882. The van der Waals surface area contributed by atoms with Gasteiger partial charge in [-0.15, -0.1) is 12.3 Å². The van der Waals surface area contributed by atoms with E-state index in [-0.39, 0.29) is 6.42 Å². The highest BCUT2D eigenvalue weighted by atomic mass is 16.4. The van der Waals surface area contributed by atoms with Crippen molar-refractivity contribution in [2.75, 3.05) is 0 Å². The number of rotatable bonds is 4. The van der Waals surface area contributed by atoms with Crippen molar-refractivity contribution in [2.24, 2.45) is 10.2 Å². The molecule has 11 heavy (non-hydrogen) atoms. The van der Waals surface area contributed by atoms with Gasteiger partial charge in [0.15, 0.2) is 0 Å². The van der Waals surface area contributed by atoms with E-state index in [1.807, 2.05) is 0 Å². The number of hydrogen-bond donors (Lipinski definition) is 1. The van der Waals surface area contributed by atoms with Crippen molar-refractivity contribution in [1.82, 2.24) is 0 Å². The molecule has 0 saturated heterocycles. The summed E-state index contributed by atoms with van der Waals surface area (Å²) in [5.74, 6) is 1.54. The van der Waals surface area contributed by atoms with Crippen molar-refractivity contribution in [3.63, 3.8) is 0 Å². The molecule has 1 N–H and O–H groups in total. The second kappa shape index (κ2) is 2.70. The van der Waals surface area contributed by atoms with Crippen molar-refractivity contribution in [2.45, 2.75) is 24.9 Å². The van der Waals surface area contributed by atoms with E-state index in [4.69, 9.17) is 11.5 Å². The Bertz CT molecular complexity index is 233. The van der Waals surface area contributed by atoms with Crippen LogP contribution < -0.4 is 0 Å². The standard InChI is InChI=1S/C7H8N2O2/c1-2-3-4-7(8-9-7)5-6(10)11/h1H,3-5H2,(H,10,11). The Balaban J connectivity index is 2.31. The van der Waals surface area contributed by atoms with Gasteiger partial charge in [-0.05, 0) is 0 Å². The molecule has 0 saturated carbocycles. The van der Waals surface area contributed by atoms with Crippen molar-refractivity contribution >= 4 is 5.97 Å². The molecule has 0 aromatic heterocycles. The molecule has 0 radical (unpaired) electrons.